The highest BCUT2D eigenvalue weighted by atomic mass is 79.9. The molecule has 132 valence electrons. The molecule has 0 spiro atoms. The number of hydrogen-bond acceptors (Lipinski definition) is 5. The van der Waals surface area contributed by atoms with Crippen molar-refractivity contribution in [2.45, 2.75) is 18.4 Å². The summed E-state index contributed by atoms with van der Waals surface area (Å²) < 4.78 is 5.15. The maximum Gasteiger partial charge on any atom is 0.146 e. The molecule has 1 aliphatic heterocycles. The average molecular weight is 445 g/mol. The molecule has 4 rings (SSSR count). The van der Waals surface area contributed by atoms with Gasteiger partial charge in [-0.2, -0.15) is 0 Å². The first kappa shape index (κ1) is 17.6. The van der Waals surface area contributed by atoms with Crippen molar-refractivity contribution in [3.8, 4) is 0 Å². The minimum atomic E-state index is 0.556. The molecule has 0 saturated carbocycles. The van der Waals surface area contributed by atoms with Crippen LogP contribution in [0.4, 0.5) is 5.69 Å². The van der Waals surface area contributed by atoms with Crippen LogP contribution in [0, 0.1) is 5.41 Å². The van der Waals surface area contributed by atoms with Crippen LogP contribution in [0.3, 0.4) is 0 Å². The highest BCUT2D eigenvalue weighted by Gasteiger charge is 2.24. The van der Waals surface area contributed by atoms with E-state index >= 15 is 0 Å². The number of rotatable bonds is 2. The lowest BCUT2D eigenvalue weighted by Crippen LogP contribution is -2.33. The van der Waals surface area contributed by atoms with Crippen LogP contribution in [0.1, 0.15) is 12.6 Å². The van der Waals surface area contributed by atoms with Crippen LogP contribution >= 0.6 is 39.0 Å². The molecule has 0 fully saturated rings. The topological polar surface area (TPSA) is 44.9 Å². The lowest BCUT2D eigenvalue weighted by atomic mass is 10.3. The second kappa shape index (κ2) is 7.06. The zero-order valence-electron chi connectivity index (χ0n) is 14.4. The summed E-state index contributed by atoms with van der Waals surface area (Å²) in [6.07, 6.45) is 3.85. The lowest BCUT2D eigenvalue weighted by Gasteiger charge is -2.12. The first-order valence-corrected chi connectivity index (χ1v) is 10.6. The van der Waals surface area contributed by atoms with Crippen molar-refractivity contribution in [1.29, 1.82) is 5.41 Å². The summed E-state index contributed by atoms with van der Waals surface area (Å²) in [6, 6.07) is 12.2. The molecule has 0 atom stereocenters. The predicted molar refractivity (Wildman–Crippen MR) is 113 cm³/mol. The van der Waals surface area contributed by atoms with Crippen molar-refractivity contribution in [3.05, 3.63) is 67.4 Å². The summed E-state index contributed by atoms with van der Waals surface area (Å²) in [4.78, 5) is 7.78. The van der Waals surface area contributed by atoms with Gasteiger partial charge in [0, 0.05) is 29.2 Å². The number of thioether (sulfide) groups is 1. The predicted octanol–water partition coefficient (Wildman–Crippen LogP) is 3.34. The molecule has 0 saturated heterocycles. The summed E-state index contributed by atoms with van der Waals surface area (Å²) in [6.45, 7) is 2.83. The van der Waals surface area contributed by atoms with E-state index in [2.05, 4.69) is 64.1 Å². The molecule has 0 unspecified atom stereocenters. The van der Waals surface area contributed by atoms with Crippen LogP contribution in [0.25, 0.3) is 11.1 Å². The number of anilines is 1. The third-order valence-corrected chi connectivity index (χ3v) is 7.20. The number of aromatic nitrogens is 2. The minimum Gasteiger partial charge on any atom is -0.337 e. The Labute approximate surface area is 168 Å². The monoisotopic (exact) mass is 444 g/mol. The smallest absolute Gasteiger partial charge is 0.146 e. The van der Waals surface area contributed by atoms with E-state index in [1.165, 1.54) is 10.6 Å². The van der Waals surface area contributed by atoms with E-state index in [0.29, 0.717) is 5.49 Å². The standard InChI is InChI=1S/C19H17BrN4S2/c1-3-24-16(11-13-6-4-5-9-22-13)26-17(18(24)21)19-23(2)14-8-7-12(20)10-15(14)25-19/h4-11,21H,3H2,1-2H3. The molecular weight excluding hydrogens is 428 g/mol. The van der Waals surface area contributed by atoms with Gasteiger partial charge in [0.25, 0.3) is 0 Å². The van der Waals surface area contributed by atoms with E-state index in [0.717, 1.165) is 30.9 Å². The van der Waals surface area contributed by atoms with Crippen LogP contribution < -0.4 is 19.6 Å². The molecular formula is C19H17BrN4S2. The fourth-order valence-electron chi connectivity index (χ4n) is 2.92. The van der Waals surface area contributed by atoms with Gasteiger partial charge in [0.1, 0.15) is 15.0 Å². The van der Waals surface area contributed by atoms with Crippen LogP contribution in [-0.4, -0.2) is 16.6 Å². The van der Waals surface area contributed by atoms with E-state index in [9.17, 15) is 0 Å². The van der Waals surface area contributed by atoms with Crippen LogP contribution in [-0.2, 0) is 6.54 Å². The third-order valence-electron chi connectivity index (χ3n) is 4.22. The van der Waals surface area contributed by atoms with Gasteiger partial charge >= 0.3 is 0 Å². The average Bonchev–Trinajstić information content (AvgIpc) is 3.12. The number of nitrogens with zero attached hydrogens (tertiary/aromatic N) is 3. The van der Waals surface area contributed by atoms with Gasteiger partial charge in [0.15, 0.2) is 0 Å². The van der Waals surface area contributed by atoms with E-state index in [-0.39, 0.29) is 0 Å². The Balaban J connectivity index is 1.93. The maximum absolute atomic E-state index is 8.70. The zero-order valence-corrected chi connectivity index (χ0v) is 17.6. The van der Waals surface area contributed by atoms with Crippen molar-refractivity contribution in [1.82, 2.24) is 9.55 Å². The van der Waals surface area contributed by atoms with Gasteiger partial charge in [0.2, 0.25) is 0 Å². The normalized spacial score (nSPS) is 16.3. The van der Waals surface area contributed by atoms with Gasteiger partial charge < -0.3 is 9.47 Å². The number of hydrogen-bond donors (Lipinski definition) is 1. The molecule has 26 heavy (non-hydrogen) atoms. The minimum absolute atomic E-state index is 0.556. The molecule has 4 nitrogen and oxygen atoms in total. The molecule has 2 aromatic heterocycles. The summed E-state index contributed by atoms with van der Waals surface area (Å²) in [5, 5.41) is 9.81. The van der Waals surface area contributed by atoms with Crippen molar-refractivity contribution in [2.24, 2.45) is 0 Å². The van der Waals surface area contributed by atoms with E-state index in [4.69, 9.17) is 5.41 Å². The van der Waals surface area contributed by atoms with Crippen LogP contribution in [0.2, 0.25) is 0 Å². The Morgan fingerprint density at radius 3 is 2.85 bits per heavy atom. The van der Waals surface area contributed by atoms with Crippen molar-refractivity contribution < 1.29 is 0 Å². The van der Waals surface area contributed by atoms with E-state index in [1.807, 2.05) is 22.8 Å². The summed E-state index contributed by atoms with van der Waals surface area (Å²) in [5.74, 6) is 0. The lowest BCUT2D eigenvalue weighted by molar-refractivity contribution is 0.698. The van der Waals surface area contributed by atoms with Gasteiger partial charge in [-0.1, -0.05) is 33.8 Å². The van der Waals surface area contributed by atoms with Gasteiger partial charge in [-0.25, -0.2) is 0 Å². The molecule has 3 heterocycles. The number of fused-ring (bicyclic) bond motifs is 1. The molecule has 7 heteroatoms. The number of halogens is 1. The van der Waals surface area contributed by atoms with Crippen molar-refractivity contribution >= 4 is 55.8 Å². The van der Waals surface area contributed by atoms with E-state index < -0.39 is 0 Å². The van der Waals surface area contributed by atoms with Crippen molar-refractivity contribution in [3.63, 3.8) is 0 Å². The Morgan fingerprint density at radius 2 is 2.12 bits per heavy atom. The Bertz CT molecular complexity index is 1150. The molecule has 1 aromatic carbocycles. The van der Waals surface area contributed by atoms with Crippen molar-refractivity contribution in [2.75, 3.05) is 11.9 Å². The molecule has 1 N–H and O–H groups in total. The zero-order chi connectivity index (χ0) is 18.3. The molecule has 0 aliphatic carbocycles. The Morgan fingerprint density at radius 1 is 1.27 bits per heavy atom. The second-order valence-electron chi connectivity index (χ2n) is 5.84. The van der Waals surface area contributed by atoms with Gasteiger partial charge in [-0.3, -0.25) is 10.4 Å². The summed E-state index contributed by atoms with van der Waals surface area (Å²) >= 11 is 6.92. The first-order chi connectivity index (χ1) is 12.6. The largest absolute Gasteiger partial charge is 0.337 e. The Hall–Kier alpha value is -1.83. The molecule has 0 radical (unpaired) electrons. The summed E-state index contributed by atoms with van der Waals surface area (Å²) in [7, 11) is 2.07. The molecule has 3 aromatic rings. The fraction of sp³-hybridized carbons (Fsp3) is 0.158. The highest BCUT2D eigenvalue weighted by Crippen LogP contribution is 2.46. The number of nitrogens with one attached hydrogen (secondary N) is 1. The van der Waals surface area contributed by atoms with Gasteiger partial charge in [-0.15, -0.1) is 11.3 Å². The second-order valence-corrected chi connectivity index (χ2v) is 8.82. The van der Waals surface area contributed by atoms with E-state index in [1.54, 1.807) is 29.3 Å². The fourth-order valence-corrected chi connectivity index (χ4v) is 5.96. The Kier molecular flexibility index (Phi) is 4.77. The molecule has 0 bridgehead atoms. The maximum atomic E-state index is 8.70. The molecule has 0 amide bonds. The van der Waals surface area contributed by atoms with Gasteiger partial charge in [-0.05, 0) is 43.3 Å². The first-order valence-electron chi connectivity index (χ1n) is 8.21. The number of benzene rings is 1. The molecule has 1 aliphatic rings. The third kappa shape index (κ3) is 3.04. The highest BCUT2D eigenvalue weighted by molar-refractivity contribution is 9.10. The quantitative estimate of drug-likeness (QED) is 0.658. The van der Waals surface area contributed by atoms with Crippen LogP contribution in [0.15, 0.2) is 52.0 Å². The number of thiazole rings is 1. The SMILES string of the molecule is CCn1c(=Cc2ccccn2)sc(=C2Sc3cc(Br)ccc3N2C)c1=N. The summed E-state index contributed by atoms with van der Waals surface area (Å²) in [5.41, 5.74) is 2.65. The number of pyridine rings is 1. The van der Waals surface area contributed by atoms with Gasteiger partial charge in [0.05, 0.1) is 16.0 Å². The van der Waals surface area contributed by atoms with Crippen LogP contribution in [0.5, 0.6) is 0 Å².